The number of ether oxygens (including phenoxy) is 1. The topological polar surface area (TPSA) is 41.6 Å². The number of amides is 1. The number of para-hydroxylation sites is 2. The van der Waals surface area contributed by atoms with Gasteiger partial charge in [0.05, 0.1) is 17.6 Å². The minimum atomic E-state index is -0.453. The third-order valence-electron chi connectivity index (χ3n) is 6.05. The van der Waals surface area contributed by atoms with E-state index in [1.165, 1.54) is 0 Å². The highest BCUT2D eigenvalue weighted by atomic mass is 16.5. The van der Waals surface area contributed by atoms with Crippen LogP contribution >= 0.6 is 0 Å². The van der Waals surface area contributed by atoms with Gasteiger partial charge in [-0.3, -0.25) is 4.79 Å². The zero-order valence-electron chi connectivity index (χ0n) is 16.3. The van der Waals surface area contributed by atoms with Gasteiger partial charge in [-0.25, -0.2) is 0 Å². The van der Waals surface area contributed by atoms with Crippen LogP contribution in [0.5, 0.6) is 11.5 Å². The summed E-state index contributed by atoms with van der Waals surface area (Å²) in [5, 5.41) is 3.40. The molecule has 1 fully saturated rings. The lowest BCUT2D eigenvalue weighted by Crippen LogP contribution is -2.47. The molecule has 1 spiro atoms. The first-order valence-electron chi connectivity index (χ1n) is 10.2. The highest BCUT2D eigenvalue weighted by Gasteiger charge is 2.52. The van der Waals surface area contributed by atoms with Gasteiger partial charge in [0.15, 0.2) is 5.75 Å². The number of carbonyl (C=O) groups is 1. The lowest BCUT2D eigenvalue weighted by Gasteiger charge is -2.33. The summed E-state index contributed by atoms with van der Waals surface area (Å²) in [6, 6.07) is 26.0. The molecule has 0 unspecified atom stereocenters. The van der Waals surface area contributed by atoms with E-state index < -0.39 is 5.41 Å². The van der Waals surface area contributed by atoms with Gasteiger partial charge in [-0.2, -0.15) is 0 Å². The molecule has 3 aromatic rings. The van der Waals surface area contributed by atoms with Gasteiger partial charge in [0.1, 0.15) is 5.75 Å². The molecule has 0 atom stereocenters. The maximum Gasteiger partial charge on any atom is 0.238 e. The van der Waals surface area contributed by atoms with E-state index >= 15 is 0 Å². The summed E-state index contributed by atoms with van der Waals surface area (Å²) >= 11 is 0. The van der Waals surface area contributed by atoms with Crippen molar-refractivity contribution < 1.29 is 9.53 Å². The zero-order chi connectivity index (χ0) is 19.7. The molecular weight excluding hydrogens is 360 g/mol. The average Bonchev–Trinajstić information content (AvgIpc) is 2.99. The number of fused-ring (bicyclic) bond motifs is 2. The van der Waals surface area contributed by atoms with E-state index in [4.69, 9.17) is 4.74 Å². The minimum Gasteiger partial charge on any atom is -0.455 e. The number of nitrogens with zero attached hydrogens (tertiary/aromatic N) is 1. The SMILES string of the molecule is O=C1N(Cc2ccccc2)c2c(Oc3ccccc3)cccc2C12CCNCC2. The Balaban J connectivity index is 1.61. The lowest BCUT2D eigenvalue weighted by molar-refractivity contribution is -0.124. The van der Waals surface area contributed by atoms with Crippen molar-refractivity contribution in [3.8, 4) is 11.5 Å². The molecular formula is C25H24N2O2. The second-order valence-electron chi connectivity index (χ2n) is 7.78. The summed E-state index contributed by atoms with van der Waals surface area (Å²) in [6.45, 7) is 2.26. The maximum atomic E-state index is 13.8. The molecule has 146 valence electrons. The van der Waals surface area contributed by atoms with E-state index in [1.54, 1.807) is 0 Å². The minimum absolute atomic E-state index is 0.196. The number of carbonyl (C=O) groups excluding carboxylic acids is 1. The molecule has 4 nitrogen and oxygen atoms in total. The molecule has 0 bridgehead atoms. The van der Waals surface area contributed by atoms with Crippen molar-refractivity contribution in [2.45, 2.75) is 24.8 Å². The Morgan fingerprint density at radius 1 is 0.862 bits per heavy atom. The Bertz CT molecular complexity index is 1010. The van der Waals surface area contributed by atoms with E-state index in [0.717, 1.165) is 54.2 Å². The van der Waals surface area contributed by atoms with Gasteiger partial charge >= 0.3 is 0 Å². The van der Waals surface area contributed by atoms with E-state index in [0.29, 0.717) is 6.54 Å². The number of anilines is 1. The molecule has 5 rings (SSSR count). The largest absolute Gasteiger partial charge is 0.455 e. The van der Waals surface area contributed by atoms with Crippen LogP contribution in [0.2, 0.25) is 0 Å². The third kappa shape index (κ3) is 3.10. The van der Waals surface area contributed by atoms with Crippen molar-refractivity contribution in [3.63, 3.8) is 0 Å². The Morgan fingerprint density at radius 2 is 1.55 bits per heavy atom. The molecule has 1 amide bonds. The van der Waals surface area contributed by atoms with Crippen LogP contribution in [0.15, 0.2) is 78.9 Å². The lowest BCUT2D eigenvalue weighted by atomic mass is 9.74. The molecule has 4 heteroatoms. The molecule has 1 saturated heterocycles. The molecule has 29 heavy (non-hydrogen) atoms. The van der Waals surface area contributed by atoms with Gasteiger partial charge in [-0.1, -0.05) is 60.7 Å². The van der Waals surface area contributed by atoms with Crippen molar-refractivity contribution in [3.05, 3.63) is 90.0 Å². The first-order valence-corrected chi connectivity index (χ1v) is 10.2. The Kier molecular flexibility index (Phi) is 4.57. The van der Waals surface area contributed by atoms with Gasteiger partial charge in [-0.15, -0.1) is 0 Å². The second-order valence-corrected chi connectivity index (χ2v) is 7.78. The first kappa shape index (κ1) is 18.0. The van der Waals surface area contributed by atoms with Gasteiger partial charge in [0, 0.05) is 0 Å². The monoisotopic (exact) mass is 384 g/mol. The Morgan fingerprint density at radius 3 is 2.28 bits per heavy atom. The van der Waals surface area contributed by atoms with Crippen molar-refractivity contribution >= 4 is 11.6 Å². The molecule has 0 aliphatic carbocycles. The Labute approximate surface area is 171 Å². The molecule has 1 N–H and O–H groups in total. The predicted molar refractivity (Wildman–Crippen MR) is 114 cm³/mol. The van der Waals surface area contributed by atoms with Crippen LogP contribution < -0.4 is 15.0 Å². The second kappa shape index (κ2) is 7.37. The van der Waals surface area contributed by atoms with Gasteiger partial charge in [-0.05, 0) is 55.3 Å². The van der Waals surface area contributed by atoms with Crippen molar-refractivity contribution in [1.82, 2.24) is 5.32 Å². The number of hydrogen-bond acceptors (Lipinski definition) is 3. The van der Waals surface area contributed by atoms with Crippen molar-refractivity contribution in [1.29, 1.82) is 0 Å². The fourth-order valence-corrected chi connectivity index (χ4v) is 4.61. The van der Waals surface area contributed by atoms with Crippen LogP contribution in [0.25, 0.3) is 0 Å². The summed E-state index contributed by atoms with van der Waals surface area (Å²) < 4.78 is 6.26. The van der Waals surface area contributed by atoms with Crippen LogP contribution in [-0.2, 0) is 16.8 Å². The summed E-state index contributed by atoms with van der Waals surface area (Å²) in [7, 11) is 0. The third-order valence-corrected chi connectivity index (χ3v) is 6.05. The number of nitrogens with one attached hydrogen (secondary N) is 1. The number of piperidine rings is 1. The standard InChI is InChI=1S/C25H24N2O2/c28-24-25(14-16-26-17-15-25)21-12-7-13-22(29-20-10-5-2-6-11-20)23(21)27(24)18-19-8-3-1-4-9-19/h1-13,26H,14-18H2. The van der Waals surface area contributed by atoms with Crippen LogP contribution in [-0.4, -0.2) is 19.0 Å². The van der Waals surface area contributed by atoms with Gasteiger partial charge in [0.25, 0.3) is 0 Å². The quantitative estimate of drug-likeness (QED) is 0.712. The molecule has 0 saturated carbocycles. The van der Waals surface area contributed by atoms with Crippen LogP contribution in [0, 0.1) is 0 Å². The highest BCUT2D eigenvalue weighted by molar-refractivity contribution is 6.09. The van der Waals surface area contributed by atoms with Crippen LogP contribution in [0.1, 0.15) is 24.0 Å². The normalized spacial score (nSPS) is 17.4. The summed E-state index contributed by atoms with van der Waals surface area (Å²) in [5.74, 6) is 1.72. The van der Waals surface area contributed by atoms with Crippen molar-refractivity contribution in [2.24, 2.45) is 0 Å². The summed E-state index contributed by atoms with van der Waals surface area (Å²) in [5.41, 5.74) is 2.69. The first-order chi connectivity index (χ1) is 14.3. The van der Waals surface area contributed by atoms with E-state index in [9.17, 15) is 4.79 Å². The van der Waals surface area contributed by atoms with Crippen LogP contribution in [0.3, 0.4) is 0 Å². The van der Waals surface area contributed by atoms with Crippen molar-refractivity contribution in [2.75, 3.05) is 18.0 Å². The van der Waals surface area contributed by atoms with Gasteiger partial charge < -0.3 is 15.0 Å². The fourth-order valence-electron chi connectivity index (χ4n) is 4.61. The molecule has 2 aliphatic heterocycles. The molecule has 0 aromatic heterocycles. The molecule has 2 heterocycles. The summed E-state index contributed by atoms with van der Waals surface area (Å²) in [4.78, 5) is 15.7. The Hall–Kier alpha value is -3.11. The number of hydrogen-bond donors (Lipinski definition) is 1. The smallest absolute Gasteiger partial charge is 0.238 e. The van der Waals surface area contributed by atoms with Gasteiger partial charge in [0.2, 0.25) is 5.91 Å². The summed E-state index contributed by atoms with van der Waals surface area (Å²) in [6.07, 6.45) is 1.64. The maximum absolute atomic E-state index is 13.8. The predicted octanol–water partition coefficient (Wildman–Crippen LogP) is 4.65. The van der Waals surface area contributed by atoms with E-state index in [-0.39, 0.29) is 5.91 Å². The molecule has 2 aliphatic rings. The van der Waals surface area contributed by atoms with Crippen LogP contribution in [0.4, 0.5) is 5.69 Å². The van der Waals surface area contributed by atoms with E-state index in [2.05, 4.69) is 23.5 Å². The highest BCUT2D eigenvalue weighted by Crippen LogP contribution is 2.52. The molecule has 3 aromatic carbocycles. The van der Waals surface area contributed by atoms with E-state index in [1.807, 2.05) is 65.6 Å². The zero-order valence-corrected chi connectivity index (χ0v) is 16.3. The molecule has 0 radical (unpaired) electrons. The average molecular weight is 384 g/mol. The number of benzene rings is 3. The fraction of sp³-hybridized carbons (Fsp3) is 0.240. The number of rotatable bonds is 4.